The van der Waals surface area contributed by atoms with Gasteiger partial charge in [-0.2, -0.15) is 0 Å². The van der Waals surface area contributed by atoms with Crippen LogP contribution in [0.15, 0.2) is 16.3 Å². The predicted molar refractivity (Wildman–Crippen MR) is 47.7 cm³/mol. The van der Waals surface area contributed by atoms with Crippen molar-refractivity contribution in [3.05, 3.63) is 11.3 Å². The van der Waals surface area contributed by atoms with Crippen LogP contribution in [0, 0.1) is 0 Å². The van der Waals surface area contributed by atoms with Gasteiger partial charge in [-0.25, -0.2) is 4.99 Å². The van der Waals surface area contributed by atoms with Crippen molar-refractivity contribution in [2.45, 2.75) is 38.6 Å². The molecule has 0 spiro atoms. The lowest BCUT2D eigenvalue weighted by Gasteiger charge is -2.27. The highest BCUT2D eigenvalue weighted by molar-refractivity contribution is 5.75. The number of hydrogen-bond donors (Lipinski definition) is 1. The molecule has 0 fully saturated rings. The van der Waals surface area contributed by atoms with Gasteiger partial charge in [-0.3, -0.25) is 0 Å². The summed E-state index contributed by atoms with van der Waals surface area (Å²) in [5.74, 6) is 1.06. The molecule has 0 unspecified atom stereocenters. The molecular formula is C9H14N2O. The molecule has 2 N–H and O–H groups in total. The Hall–Kier alpha value is -0.990. The molecule has 1 aliphatic carbocycles. The van der Waals surface area contributed by atoms with Gasteiger partial charge in [0.05, 0.1) is 5.54 Å². The molecule has 2 rings (SSSR count). The Labute approximate surface area is 72.3 Å². The number of amidine groups is 1. The Morgan fingerprint density at radius 2 is 2.17 bits per heavy atom. The molecule has 0 saturated heterocycles. The monoisotopic (exact) mass is 166 g/mol. The van der Waals surface area contributed by atoms with Crippen molar-refractivity contribution in [1.29, 1.82) is 0 Å². The maximum Gasteiger partial charge on any atom is 0.288 e. The number of ether oxygens (including phenoxy) is 1. The quantitative estimate of drug-likeness (QED) is 0.593. The lowest BCUT2D eigenvalue weighted by Crippen LogP contribution is -2.31. The Balaban J connectivity index is 2.38. The summed E-state index contributed by atoms with van der Waals surface area (Å²) in [6.45, 7) is 4.17. The van der Waals surface area contributed by atoms with E-state index in [1.165, 1.54) is 12.0 Å². The third-order valence-corrected chi connectivity index (χ3v) is 2.52. The molecule has 66 valence electrons. The fourth-order valence-electron chi connectivity index (χ4n) is 1.97. The van der Waals surface area contributed by atoms with Crippen LogP contribution in [0.2, 0.25) is 0 Å². The minimum atomic E-state index is -0.131. The summed E-state index contributed by atoms with van der Waals surface area (Å²) < 4.78 is 5.35. The van der Waals surface area contributed by atoms with Gasteiger partial charge < -0.3 is 10.5 Å². The van der Waals surface area contributed by atoms with Crippen LogP contribution >= 0.6 is 0 Å². The van der Waals surface area contributed by atoms with Gasteiger partial charge in [-0.1, -0.05) is 0 Å². The van der Waals surface area contributed by atoms with Crippen LogP contribution in [0.4, 0.5) is 0 Å². The van der Waals surface area contributed by atoms with Gasteiger partial charge in [0, 0.05) is 6.42 Å². The Kier molecular flexibility index (Phi) is 1.43. The first-order valence-corrected chi connectivity index (χ1v) is 4.35. The molecule has 0 aromatic rings. The average molecular weight is 166 g/mol. The van der Waals surface area contributed by atoms with Crippen LogP contribution in [0.5, 0.6) is 0 Å². The van der Waals surface area contributed by atoms with Crippen molar-refractivity contribution >= 4 is 6.02 Å². The van der Waals surface area contributed by atoms with Gasteiger partial charge in [0.25, 0.3) is 6.02 Å². The lowest BCUT2D eigenvalue weighted by molar-refractivity contribution is 0.354. The van der Waals surface area contributed by atoms with E-state index in [1.54, 1.807) is 0 Å². The molecule has 12 heavy (non-hydrogen) atoms. The van der Waals surface area contributed by atoms with E-state index in [4.69, 9.17) is 10.5 Å². The van der Waals surface area contributed by atoms with Crippen LogP contribution < -0.4 is 5.73 Å². The first-order chi connectivity index (χ1) is 5.59. The topological polar surface area (TPSA) is 47.6 Å². The first kappa shape index (κ1) is 7.65. The summed E-state index contributed by atoms with van der Waals surface area (Å²) in [6, 6.07) is 0.320. The van der Waals surface area contributed by atoms with Crippen LogP contribution in [0.25, 0.3) is 0 Å². The van der Waals surface area contributed by atoms with E-state index >= 15 is 0 Å². The number of rotatable bonds is 0. The molecule has 0 amide bonds. The molecule has 3 nitrogen and oxygen atoms in total. The van der Waals surface area contributed by atoms with E-state index in [0.29, 0.717) is 6.02 Å². The highest BCUT2D eigenvalue weighted by Crippen LogP contribution is 2.38. The summed E-state index contributed by atoms with van der Waals surface area (Å²) in [5, 5.41) is 0. The minimum absolute atomic E-state index is 0.131. The number of nitrogens with two attached hydrogens (primary N) is 1. The number of allylic oxidation sites excluding steroid dienone is 1. The van der Waals surface area contributed by atoms with Crippen molar-refractivity contribution < 1.29 is 4.74 Å². The van der Waals surface area contributed by atoms with E-state index in [9.17, 15) is 0 Å². The van der Waals surface area contributed by atoms with Crippen molar-refractivity contribution in [1.82, 2.24) is 0 Å². The number of aliphatic imine (C=N–C) groups is 1. The molecule has 0 radical (unpaired) electrons. The van der Waals surface area contributed by atoms with Crippen molar-refractivity contribution in [2.24, 2.45) is 10.7 Å². The second-order valence-electron chi connectivity index (χ2n) is 3.87. The Morgan fingerprint density at radius 1 is 1.42 bits per heavy atom. The van der Waals surface area contributed by atoms with Crippen molar-refractivity contribution in [3.63, 3.8) is 0 Å². The van der Waals surface area contributed by atoms with Gasteiger partial charge in [0.2, 0.25) is 0 Å². The van der Waals surface area contributed by atoms with E-state index in [2.05, 4.69) is 18.8 Å². The van der Waals surface area contributed by atoms with Gasteiger partial charge in [0.1, 0.15) is 5.76 Å². The van der Waals surface area contributed by atoms with Crippen molar-refractivity contribution in [2.75, 3.05) is 0 Å². The molecular weight excluding hydrogens is 152 g/mol. The van der Waals surface area contributed by atoms with Gasteiger partial charge >= 0.3 is 0 Å². The van der Waals surface area contributed by atoms with Crippen molar-refractivity contribution in [3.8, 4) is 0 Å². The Morgan fingerprint density at radius 3 is 2.92 bits per heavy atom. The highest BCUT2D eigenvalue weighted by atomic mass is 16.5. The summed E-state index contributed by atoms with van der Waals surface area (Å²) in [5.41, 5.74) is 6.76. The fourth-order valence-corrected chi connectivity index (χ4v) is 1.97. The molecule has 0 atom stereocenters. The molecule has 0 aromatic heterocycles. The maximum atomic E-state index is 5.56. The fraction of sp³-hybridized carbons (Fsp3) is 0.667. The SMILES string of the molecule is CC1(C)N=C(N)OC2=C1CCC2. The van der Waals surface area contributed by atoms with Gasteiger partial charge in [-0.05, 0) is 32.3 Å². The average Bonchev–Trinajstić information content (AvgIpc) is 2.32. The van der Waals surface area contributed by atoms with E-state index in [-0.39, 0.29) is 5.54 Å². The molecule has 0 saturated carbocycles. The van der Waals surface area contributed by atoms with E-state index in [1.807, 2.05) is 0 Å². The molecule has 3 heteroatoms. The zero-order valence-electron chi connectivity index (χ0n) is 7.55. The summed E-state index contributed by atoms with van der Waals surface area (Å²) in [4.78, 5) is 4.27. The standard InChI is InChI=1S/C9H14N2O/c1-9(2)6-4-3-5-7(6)12-8(10)11-9/h3-5H2,1-2H3,(H2,10,11). The second kappa shape index (κ2) is 2.25. The van der Waals surface area contributed by atoms with Crippen LogP contribution in [-0.2, 0) is 4.74 Å². The summed E-state index contributed by atoms with van der Waals surface area (Å²) >= 11 is 0. The number of nitrogens with zero attached hydrogens (tertiary/aromatic N) is 1. The van der Waals surface area contributed by atoms with Gasteiger partial charge in [-0.15, -0.1) is 0 Å². The molecule has 0 aromatic carbocycles. The third kappa shape index (κ3) is 1.00. The largest absolute Gasteiger partial charge is 0.431 e. The summed E-state index contributed by atoms with van der Waals surface area (Å²) in [6.07, 6.45) is 3.31. The third-order valence-electron chi connectivity index (χ3n) is 2.52. The number of hydrogen-bond acceptors (Lipinski definition) is 3. The normalized spacial score (nSPS) is 26.3. The molecule has 2 aliphatic rings. The highest BCUT2D eigenvalue weighted by Gasteiger charge is 2.34. The molecule has 1 aliphatic heterocycles. The first-order valence-electron chi connectivity index (χ1n) is 4.35. The smallest absolute Gasteiger partial charge is 0.288 e. The van der Waals surface area contributed by atoms with E-state index < -0.39 is 0 Å². The van der Waals surface area contributed by atoms with E-state index in [0.717, 1.165) is 18.6 Å². The zero-order chi connectivity index (χ0) is 8.77. The molecule has 1 heterocycles. The zero-order valence-corrected chi connectivity index (χ0v) is 7.55. The Bertz CT molecular complexity index is 276. The van der Waals surface area contributed by atoms with Gasteiger partial charge in [0.15, 0.2) is 0 Å². The summed E-state index contributed by atoms with van der Waals surface area (Å²) in [7, 11) is 0. The van der Waals surface area contributed by atoms with Crippen LogP contribution in [-0.4, -0.2) is 11.6 Å². The predicted octanol–water partition coefficient (Wildman–Crippen LogP) is 1.55. The molecule has 0 bridgehead atoms. The van der Waals surface area contributed by atoms with Crippen LogP contribution in [0.1, 0.15) is 33.1 Å². The minimum Gasteiger partial charge on any atom is -0.431 e. The lowest BCUT2D eigenvalue weighted by atomic mass is 9.93. The van der Waals surface area contributed by atoms with Crippen LogP contribution in [0.3, 0.4) is 0 Å². The second-order valence-corrected chi connectivity index (χ2v) is 3.87. The maximum absolute atomic E-state index is 5.56.